The number of methoxy groups -OCH3 is 1. The molecule has 1 aromatic carbocycles. The van der Waals surface area contributed by atoms with Crippen molar-refractivity contribution < 1.29 is 4.74 Å². The number of ether oxygens (including phenoxy) is 1. The van der Waals surface area contributed by atoms with Gasteiger partial charge in [0.05, 0.1) is 16.4 Å². The smallest absolute Gasteiger partial charge is 0.133 e. The number of alkyl halides is 1. The highest BCUT2D eigenvalue weighted by atomic mass is 79.9. The van der Waals surface area contributed by atoms with Gasteiger partial charge in [-0.1, -0.05) is 22.0 Å². The quantitative estimate of drug-likeness (QED) is 0.660. The van der Waals surface area contributed by atoms with Gasteiger partial charge in [-0.05, 0) is 52.7 Å². The van der Waals surface area contributed by atoms with Crippen molar-refractivity contribution in [2.75, 3.05) is 7.11 Å². The first kappa shape index (κ1) is 13.1. The Labute approximate surface area is 122 Å². The maximum absolute atomic E-state index is 5.23. The molecule has 17 heavy (non-hydrogen) atoms. The minimum atomic E-state index is 0.239. The number of halogens is 2. The molecule has 0 N–H and O–H groups in total. The Morgan fingerprint density at radius 2 is 2.00 bits per heavy atom. The van der Waals surface area contributed by atoms with Crippen LogP contribution >= 0.6 is 43.2 Å². The van der Waals surface area contributed by atoms with E-state index >= 15 is 0 Å². The first-order chi connectivity index (χ1) is 8.11. The van der Waals surface area contributed by atoms with E-state index in [1.807, 2.05) is 17.4 Å². The lowest BCUT2D eigenvalue weighted by Gasteiger charge is -2.10. The molecule has 0 bridgehead atoms. The molecule has 90 valence electrons. The van der Waals surface area contributed by atoms with E-state index in [4.69, 9.17) is 4.74 Å². The van der Waals surface area contributed by atoms with Crippen LogP contribution in [-0.4, -0.2) is 7.11 Å². The zero-order valence-electron chi connectivity index (χ0n) is 9.54. The molecule has 1 unspecified atom stereocenters. The molecule has 0 fully saturated rings. The second kappa shape index (κ2) is 5.55. The molecule has 2 rings (SSSR count). The Morgan fingerprint density at radius 1 is 1.24 bits per heavy atom. The van der Waals surface area contributed by atoms with Crippen molar-refractivity contribution in [1.82, 2.24) is 0 Å². The van der Waals surface area contributed by atoms with E-state index in [-0.39, 0.29) is 4.83 Å². The monoisotopic (exact) mass is 374 g/mol. The second-order valence-electron chi connectivity index (χ2n) is 3.70. The van der Waals surface area contributed by atoms with Gasteiger partial charge in [0.25, 0.3) is 0 Å². The van der Waals surface area contributed by atoms with E-state index < -0.39 is 0 Å². The fourth-order valence-corrected chi connectivity index (χ4v) is 3.75. The summed E-state index contributed by atoms with van der Waals surface area (Å²) in [6.45, 7) is 2.12. The van der Waals surface area contributed by atoms with Crippen molar-refractivity contribution in [1.29, 1.82) is 0 Å². The molecule has 2 aromatic rings. The topological polar surface area (TPSA) is 9.23 Å². The zero-order valence-corrected chi connectivity index (χ0v) is 13.5. The van der Waals surface area contributed by atoms with Crippen molar-refractivity contribution in [3.63, 3.8) is 0 Å². The third kappa shape index (κ3) is 2.92. The second-order valence-corrected chi connectivity index (χ2v) is 6.79. The SMILES string of the molecule is COc1ccc(C(Br)c2ccc(C)s2)cc1Br. The Balaban J connectivity index is 2.31. The summed E-state index contributed by atoms with van der Waals surface area (Å²) in [6.07, 6.45) is 0. The van der Waals surface area contributed by atoms with Gasteiger partial charge in [0, 0.05) is 9.75 Å². The Hall–Kier alpha value is -0.320. The summed E-state index contributed by atoms with van der Waals surface area (Å²) in [5.74, 6) is 0.857. The van der Waals surface area contributed by atoms with Crippen molar-refractivity contribution in [3.8, 4) is 5.75 Å². The molecule has 1 heterocycles. The standard InChI is InChI=1S/C13H12Br2OS/c1-8-3-6-12(17-8)13(15)9-4-5-11(16-2)10(14)7-9/h3-7,13H,1-2H3. The van der Waals surface area contributed by atoms with E-state index in [0.29, 0.717) is 0 Å². The van der Waals surface area contributed by atoms with Gasteiger partial charge in [-0.3, -0.25) is 0 Å². The minimum Gasteiger partial charge on any atom is -0.496 e. The summed E-state index contributed by atoms with van der Waals surface area (Å²) >= 11 is 9.06. The molecule has 0 aliphatic heterocycles. The Kier molecular flexibility index (Phi) is 4.28. The summed E-state index contributed by atoms with van der Waals surface area (Å²) in [4.78, 5) is 2.89. The minimum absolute atomic E-state index is 0.239. The maximum atomic E-state index is 5.23. The van der Waals surface area contributed by atoms with Crippen molar-refractivity contribution in [2.24, 2.45) is 0 Å². The number of benzene rings is 1. The van der Waals surface area contributed by atoms with Crippen LogP contribution in [0, 0.1) is 6.92 Å². The molecule has 4 heteroatoms. The zero-order chi connectivity index (χ0) is 12.4. The largest absolute Gasteiger partial charge is 0.496 e. The molecule has 1 nitrogen and oxygen atoms in total. The molecule has 0 aliphatic carbocycles. The molecule has 0 amide bonds. The highest BCUT2D eigenvalue weighted by Gasteiger charge is 2.13. The van der Waals surface area contributed by atoms with E-state index in [0.717, 1.165) is 10.2 Å². The van der Waals surface area contributed by atoms with Crippen LogP contribution in [0.25, 0.3) is 0 Å². The van der Waals surface area contributed by atoms with Gasteiger partial charge in [0.2, 0.25) is 0 Å². The van der Waals surface area contributed by atoms with Crippen LogP contribution in [0.15, 0.2) is 34.8 Å². The molecule has 0 spiro atoms. The van der Waals surface area contributed by atoms with Crippen LogP contribution in [0.4, 0.5) is 0 Å². The number of hydrogen-bond acceptors (Lipinski definition) is 2. The van der Waals surface area contributed by atoms with Gasteiger partial charge in [-0.15, -0.1) is 11.3 Å². The highest BCUT2D eigenvalue weighted by molar-refractivity contribution is 9.10. The molecule has 0 aliphatic rings. The van der Waals surface area contributed by atoms with Gasteiger partial charge >= 0.3 is 0 Å². The fourth-order valence-electron chi connectivity index (χ4n) is 1.59. The average Bonchev–Trinajstić information content (AvgIpc) is 2.75. The van der Waals surface area contributed by atoms with Crippen LogP contribution in [-0.2, 0) is 0 Å². The summed E-state index contributed by atoms with van der Waals surface area (Å²) in [5.41, 5.74) is 1.22. The number of rotatable bonds is 3. The molecular formula is C13H12Br2OS. The first-order valence-corrected chi connectivity index (χ1v) is 7.68. The number of aryl methyl sites for hydroxylation is 1. The third-order valence-electron chi connectivity index (χ3n) is 2.48. The predicted octanol–water partition coefficient (Wildman–Crippen LogP) is 5.31. The van der Waals surface area contributed by atoms with E-state index in [1.54, 1.807) is 7.11 Å². The van der Waals surface area contributed by atoms with Crippen molar-refractivity contribution >= 4 is 43.2 Å². The Bertz CT molecular complexity index is 522. The molecule has 0 saturated carbocycles. The number of thiophene rings is 1. The van der Waals surface area contributed by atoms with Crippen molar-refractivity contribution in [3.05, 3.63) is 50.1 Å². The summed E-state index contributed by atoms with van der Waals surface area (Å²) in [7, 11) is 1.67. The van der Waals surface area contributed by atoms with Gasteiger partial charge in [-0.25, -0.2) is 0 Å². The first-order valence-electron chi connectivity index (χ1n) is 5.15. The van der Waals surface area contributed by atoms with E-state index in [2.05, 4.69) is 63.0 Å². The van der Waals surface area contributed by atoms with Gasteiger partial charge in [0.1, 0.15) is 5.75 Å². The van der Waals surface area contributed by atoms with Crippen LogP contribution in [0.3, 0.4) is 0 Å². The molecule has 0 saturated heterocycles. The average molecular weight is 376 g/mol. The van der Waals surface area contributed by atoms with E-state index in [9.17, 15) is 0 Å². The number of hydrogen-bond donors (Lipinski definition) is 0. The van der Waals surface area contributed by atoms with Crippen molar-refractivity contribution in [2.45, 2.75) is 11.8 Å². The van der Waals surface area contributed by atoms with E-state index in [1.165, 1.54) is 15.3 Å². The van der Waals surface area contributed by atoms with Gasteiger partial charge in [-0.2, -0.15) is 0 Å². The third-order valence-corrected chi connectivity index (χ3v) is 5.49. The normalized spacial score (nSPS) is 12.5. The highest BCUT2D eigenvalue weighted by Crippen LogP contribution is 2.37. The fraction of sp³-hybridized carbons (Fsp3) is 0.231. The lowest BCUT2D eigenvalue weighted by Crippen LogP contribution is -1.91. The Morgan fingerprint density at radius 3 is 2.53 bits per heavy atom. The van der Waals surface area contributed by atoms with Crippen LogP contribution in [0.2, 0.25) is 0 Å². The lowest BCUT2D eigenvalue weighted by molar-refractivity contribution is 0.412. The van der Waals surface area contributed by atoms with Gasteiger partial charge in [0.15, 0.2) is 0 Å². The lowest BCUT2D eigenvalue weighted by atomic mass is 10.1. The summed E-state index contributed by atoms with van der Waals surface area (Å²) < 4.78 is 6.21. The molecule has 1 aromatic heterocycles. The van der Waals surface area contributed by atoms with Crippen LogP contribution in [0.5, 0.6) is 5.75 Å². The predicted molar refractivity (Wildman–Crippen MR) is 80.5 cm³/mol. The summed E-state index contributed by atoms with van der Waals surface area (Å²) in [6, 6.07) is 10.5. The molecular weight excluding hydrogens is 364 g/mol. The van der Waals surface area contributed by atoms with Crippen LogP contribution < -0.4 is 4.74 Å². The molecule has 1 atom stereocenters. The van der Waals surface area contributed by atoms with Crippen LogP contribution in [0.1, 0.15) is 20.1 Å². The maximum Gasteiger partial charge on any atom is 0.133 e. The van der Waals surface area contributed by atoms with Gasteiger partial charge < -0.3 is 4.74 Å². The molecule has 0 radical (unpaired) electrons. The summed E-state index contributed by atoms with van der Waals surface area (Å²) in [5, 5.41) is 0.